The number of nitrogen functional groups attached to an aromatic ring is 1. The zero-order valence-electron chi connectivity index (χ0n) is 11.1. The van der Waals surface area contributed by atoms with E-state index in [9.17, 15) is 4.79 Å². The molecule has 0 unspecified atom stereocenters. The van der Waals surface area contributed by atoms with Gasteiger partial charge in [-0.3, -0.25) is 9.69 Å². The molecule has 18 heavy (non-hydrogen) atoms. The first-order valence-corrected chi connectivity index (χ1v) is 6.47. The maximum atomic E-state index is 11.0. The van der Waals surface area contributed by atoms with Gasteiger partial charge in [0.05, 0.1) is 6.54 Å². The van der Waals surface area contributed by atoms with E-state index >= 15 is 0 Å². The van der Waals surface area contributed by atoms with E-state index in [2.05, 4.69) is 11.8 Å². The highest BCUT2D eigenvalue weighted by atomic mass is 16.1. The Balaban J connectivity index is 2.44. The molecule has 0 aliphatic carbocycles. The van der Waals surface area contributed by atoms with Gasteiger partial charge in [-0.15, -0.1) is 0 Å². The van der Waals surface area contributed by atoms with E-state index in [1.165, 1.54) is 5.56 Å². The standard InChI is InChI=1S/C14H23N3O/c1-2-3-9-17(11-14(16)18)10-8-12-4-6-13(15)7-5-12/h4-7H,2-3,8-11,15H2,1H3,(H2,16,18). The lowest BCUT2D eigenvalue weighted by Gasteiger charge is -2.20. The summed E-state index contributed by atoms with van der Waals surface area (Å²) in [5.74, 6) is -0.261. The first kappa shape index (κ1) is 14.5. The van der Waals surface area contributed by atoms with Crippen molar-refractivity contribution in [2.24, 2.45) is 5.73 Å². The number of benzene rings is 1. The van der Waals surface area contributed by atoms with Gasteiger partial charge in [0.15, 0.2) is 0 Å². The van der Waals surface area contributed by atoms with E-state index in [4.69, 9.17) is 11.5 Å². The van der Waals surface area contributed by atoms with E-state index in [0.29, 0.717) is 6.54 Å². The van der Waals surface area contributed by atoms with E-state index in [1.807, 2.05) is 24.3 Å². The average molecular weight is 249 g/mol. The molecule has 0 saturated heterocycles. The second-order valence-electron chi connectivity index (χ2n) is 4.59. The smallest absolute Gasteiger partial charge is 0.231 e. The lowest BCUT2D eigenvalue weighted by atomic mass is 10.1. The third kappa shape index (κ3) is 5.68. The first-order valence-electron chi connectivity index (χ1n) is 6.47. The van der Waals surface area contributed by atoms with Crippen LogP contribution >= 0.6 is 0 Å². The number of primary amides is 1. The predicted octanol–water partition coefficient (Wildman–Crippen LogP) is 1.40. The lowest BCUT2D eigenvalue weighted by Crippen LogP contribution is -2.35. The summed E-state index contributed by atoms with van der Waals surface area (Å²) >= 11 is 0. The summed E-state index contributed by atoms with van der Waals surface area (Å²) in [5.41, 5.74) is 12.9. The molecule has 0 aliphatic heterocycles. The second-order valence-corrected chi connectivity index (χ2v) is 4.59. The molecule has 1 aromatic carbocycles. The predicted molar refractivity (Wildman–Crippen MR) is 75.1 cm³/mol. The number of amides is 1. The van der Waals surface area contributed by atoms with Crippen LogP contribution in [0.2, 0.25) is 0 Å². The number of carbonyl (C=O) groups excluding carboxylic acids is 1. The average Bonchev–Trinajstić information content (AvgIpc) is 2.34. The van der Waals surface area contributed by atoms with E-state index < -0.39 is 0 Å². The molecule has 0 saturated carbocycles. The summed E-state index contributed by atoms with van der Waals surface area (Å²) in [6.45, 7) is 4.26. The van der Waals surface area contributed by atoms with Gasteiger partial charge >= 0.3 is 0 Å². The van der Waals surface area contributed by atoms with Gasteiger partial charge in [0.25, 0.3) is 0 Å². The zero-order valence-corrected chi connectivity index (χ0v) is 11.1. The molecule has 4 N–H and O–H groups in total. The molecule has 4 heteroatoms. The maximum absolute atomic E-state index is 11.0. The maximum Gasteiger partial charge on any atom is 0.231 e. The molecular formula is C14H23N3O. The summed E-state index contributed by atoms with van der Waals surface area (Å²) in [5, 5.41) is 0. The number of nitrogens with zero attached hydrogens (tertiary/aromatic N) is 1. The molecule has 1 rings (SSSR count). The van der Waals surface area contributed by atoms with Crippen molar-refractivity contribution < 1.29 is 4.79 Å². The molecule has 0 radical (unpaired) electrons. The summed E-state index contributed by atoms with van der Waals surface area (Å²) in [6, 6.07) is 7.86. The van der Waals surface area contributed by atoms with Crippen molar-refractivity contribution in [2.45, 2.75) is 26.2 Å². The van der Waals surface area contributed by atoms with Gasteiger partial charge in [0, 0.05) is 12.2 Å². The largest absolute Gasteiger partial charge is 0.399 e. The number of anilines is 1. The minimum absolute atomic E-state index is 0.261. The minimum atomic E-state index is -0.261. The van der Waals surface area contributed by atoms with Gasteiger partial charge in [0.2, 0.25) is 5.91 Å². The molecule has 0 aromatic heterocycles. The molecule has 0 fully saturated rings. The van der Waals surface area contributed by atoms with Crippen molar-refractivity contribution in [3.8, 4) is 0 Å². The normalized spacial score (nSPS) is 10.8. The van der Waals surface area contributed by atoms with Crippen LogP contribution in [0.1, 0.15) is 25.3 Å². The van der Waals surface area contributed by atoms with Gasteiger partial charge in [-0.05, 0) is 37.1 Å². The van der Waals surface area contributed by atoms with E-state index in [1.54, 1.807) is 0 Å². The number of rotatable bonds is 8. The number of nitrogens with two attached hydrogens (primary N) is 2. The Hall–Kier alpha value is -1.55. The molecular weight excluding hydrogens is 226 g/mol. The van der Waals surface area contributed by atoms with E-state index in [0.717, 1.165) is 38.0 Å². The summed E-state index contributed by atoms with van der Waals surface area (Å²) in [7, 11) is 0. The van der Waals surface area contributed by atoms with Crippen LogP contribution in [0.15, 0.2) is 24.3 Å². The molecule has 0 heterocycles. The fourth-order valence-corrected chi connectivity index (χ4v) is 1.84. The van der Waals surface area contributed by atoms with Crippen LogP contribution in [-0.2, 0) is 11.2 Å². The van der Waals surface area contributed by atoms with Crippen molar-refractivity contribution in [1.29, 1.82) is 0 Å². The van der Waals surface area contributed by atoms with Crippen molar-refractivity contribution in [3.05, 3.63) is 29.8 Å². The van der Waals surface area contributed by atoms with Crippen molar-refractivity contribution in [1.82, 2.24) is 4.90 Å². The summed E-state index contributed by atoms with van der Waals surface area (Å²) < 4.78 is 0. The van der Waals surface area contributed by atoms with Crippen LogP contribution in [0.3, 0.4) is 0 Å². The number of carbonyl (C=O) groups is 1. The van der Waals surface area contributed by atoms with E-state index in [-0.39, 0.29) is 5.91 Å². The van der Waals surface area contributed by atoms with Crippen molar-refractivity contribution in [3.63, 3.8) is 0 Å². The highest BCUT2D eigenvalue weighted by molar-refractivity contribution is 5.75. The second kappa shape index (κ2) is 7.71. The Morgan fingerprint density at radius 3 is 2.44 bits per heavy atom. The Labute approximate surface area is 109 Å². The van der Waals surface area contributed by atoms with Gasteiger partial charge in [-0.25, -0.2) is 0 Å². The number of hydrogen-bond acceptors (Lipinski definition) is 3. The number of hydrogen-bond donors (Lipinski definition) is 2. The van der Waals surface area contributed by atoms with Gasteiger partial charge in [-0.2, -0.15) is 0 Å². The quantitative estimate of drug-likeness (QED) is 0.684. The van der Waals surface area contributed by atoms with Crippen LogP contribution in [-0.4, -0.2) is 30.4 Å². The Morgan fingerprint density at radius 1 is 1.22 bits per heavy atom. The molecule has 0 bridgehead atoms. The highest BCUT2D eigenvalue weighted by Crippen LogP contribution is 2.07. The molecule has 1 amide bonds. The minimum Gasteiger partial charge on any atom is -0.399 e. The molecule has 100 valence electrons. The molecule has 1 aromatic rings. The van der Waals surface area contributed by atoms with Gasteiger partial charge < -0.3 is 11.5 Å². The van der Waals surface area contributed by atoms with Crippen LogP contribution in [0.5, 0.6) is 0 Å². The van der Waals surface area contributed by atoms with Crippen molar-refractivity contribution in [2.75, 3.05) is 25.4 Å². The highest BCUT2D eigenvalue weighted by Gasteiger charge is 2.07. The monoisotopic (exact) mass is 249 g/mol. The van der Waals surface area contributed by atoms with Crippen molar-refractivity contribution >= 4 is 11.6 Å². The number of unbranched alkanes of at least 4 members (excludes halogenated alkanes) is 1. The third-order valence-corrected chi connectivity index (χ3v) is 2.90. The van der Waals surface area contributed by atoms with Gasteiger partial charge in [0.1, 0.15) is 0 Å². The Bertz CT molecular complexity index is 362. The van der Waals surface area contributed by atoms with Crippen LogP contribution in [0.4, 0.5) is 5.69 Å². The zero-order chi connectivity index (χ0) is 13.4. The first-order chi connectivity index (χ1) is 8.61. The summed E-state index contributed by atoms with van der Waals surface area (Å²) in [4.78, 5) is 13.1. The lowest BCUT2D eigenvalue weighted by molar-refractivity contribution is -0.119. The van der Waals surface area contributed by atoms with Crippen LogP contribution in [0.25, 0.3) is 0 Å². The molecule has 0 atom stereocenters. The molecule has 0 spiro atoms. The Kier molecular flexibility index (Phi) is 6.22. The summed E-state index contributed by atoms with van der Waals surface area (Å²) in [6.07, 6.45) is 3.13. The van der Waals surface area contributed by atoms with Gasteiger partial charge in [-0.1, -0.05) is 25.5 Å². The Morgan fingerprint density at radius 2 is 1.89 bits per heavy atom. The van der Waals surface area contributed by atoms with Crippen LogP contribution in [0, 0.1) is 0 Å². The molecule has 4 nitrogen and oxygen atoms in total. The fraction of sp³-hybridized carbons (Fsp3) is 0.500. The SMILES string of the molecule is CCCCN(CCc1ccc(N)cc1)CC(N)=O. The molecule has 0 aliphatic rings. The third-order valence-electron chi connectivity index (χ3n) is 2.90. The topological polar surface area (TPSA) is 72.3 Å². The van der Waals surface area contributed by atoms with Crippen LogP contribution < -0.4 is 11.5 Å². The fourth-order valence-electron chi connectivity index (χ4n) is 1.84.